The highest BCUT2D eigenvalue weighted by Crippen LogP contribution is 2.26. The van der Waals surface area contributed by atoms with E-state index in [1.807, 2.05) is 4.90 Å². The molecule has 2 N–H and O–H groups in total. The summed E-state index contributed by atoms with van der Waals surface area (Å²) in [5, 5.41) is 18.8. The average molecular weight is 297 g/mol. The third-order valence-corrected chi connectivity index (χ3v) is 3.69. The maximum atomic E-state index is 14.3. The van der Waals surface area contributed by atoms with Crippen LogP contribution in [0.15, 0.2) is 18.2 Å². The van der Waals surface area contributed by atoms with Crippen LogP contribution in [0.1, 0.15) is 0 Å². The standard InChI is InChI=1S/C14H17FN2O4/c15-12-7-10(17-8-11(9-18)21-14(17)19)1-2-13(12)16-3-5-20-6-4-16/h1-2,7,11,18H,3-6,8-9H2/p+1/t11-/m1/s1. The van der Waals surface area contributed by atoms with Crippen LogP contribution in [-0.2, 0) is 9.47 Å². The zero-order chi connectivity index (χ0) is 14.8. The van der Waals surface area contributed by atoms with Crippen LogP contribution in [0.4, 0.5) is 15.8 Å². The van der Waals surface area contributed by atoms with Gasteiger partial charge in [0.15, 0.2) is 18.5 Å². The molecule has 1 aromatic rings. The quantitative estimate of drug-likeness (QED) is 0.800. The Morgan fingerprint density at radius 1 is 1.33 bits per heavy atom. The van der Waals surface area contributed by atoms with Crippen LogP contribution in [-0.4, -0.2) is 66.4 Å². The average Bonchev–Trinajstić information content (AvgIpc) is 2.89. The van der Waals surface area contributed by atoms with Crippen LogP contribution in [0.25, 0.3) is 0 Å². The van der Waals surface area contributed by atoms with Crippen molar-refractivity contribution < 1.29 is 28.7 Å². The molecule has 2 aliphatic heterocycles. The number of benzene rings is 1. The van der Waals surface area contributed by atoms with E-state index in [4.69, 9.17) is 14.6 Å². The molecule has 1 aromatic carbocycles. The first-order valence-corrected chi connectivity index (χ1v) is 6.92. The second kappa shape index (κ2) is 5.87. The zero-order valence-corrected chi connectivity index (χ0v) is 11.5. The van der Waals surface area contributed by atoms with Crippen molar-refractivity contribution in [2.45, 2.75) is 6.10 Å². The molecular formula is C14H18FN2O4+. The van der Waals surface area contributed by atoms with Gasteiger partial charge in [0.25, 0.3) is 0 Å². The molecule has 1 atom stereocenters. The Balaban J connectivity index is 1.83. The van der Waals surface area contributed by atoms with E-state index in [0.29, 0.717) is 44.2 Å². The first kappa shape index (κ1) is 14.1. The highest BCUT2D eigenvalue weighted by atomic mass is 19.1. The predicted octanol–water partition coefficient (Wildman–Crippen LogP) is 0.611. The number of ether oxygens (including phenoxy) is 2. The number of morpholine rings is 1. The van der Waals surface area contributed by atoms with Gasteiger partial charge in [-0.2, -0.15) is 0 Å². The van der Waals surface area contributed by atoms with E-state index >= 15 is 0 Å². The molecule has 0 saturated carbocycles. The van der Waals surface area contributed by atoms with Gasteiger partial charge in [-0.25, -0.2) is 4.39 Å². The molecule has 0 radical (unpaired) electrons. The van der Waals surface area contributed by atoms with Crippen molar-refractivity contribution in [1.82, 2.24) is 0 Å². The maximum absolute atomic E-state index is 14.3. The van der Waals surface area contributed by atoms with Crippen molar-refractivity contribution in [1.29, 1.82) is 0 Å². The Kier molecular flexibility index (Phi) is 3.94. The molecule has 2 heterocycles. The number of aliphatic hydroxyl groups is 2. The molecule has 0 amide bonds. The first-order valence-electron chi connectivity index (χ1n) is 6.92. The highest BCUT2D eigenvalue weighted by Gasteiger charge is 2.34. The Labute approximate surface area is 121 Å². The van der Waals surface area contributed by atoms with E-state index in [9.17, 15) is 9.50 Å². The summed E-state index contributed by atoms with van der Waals surface area (Å²) in [4.78, 5) is 1.93. The molecule has 3 rings (SSSR count). The summed E-state index contributed by atoms with van der Waals surface area (Å²) in [6.45, 7) is 2.59. The summed E-state index contributed by atoms with van der Waals surface area (Å²) in [7, 11) is 0. The van der Waals surface area contributed by atoms with Gasteiger partial charge in [0, 0.05) is 25.2 Å². The van der Waals surface area contributed by atoms with E-state index in [0.717, 1.165) is 0 Å². The van der Waals surface area contributed by atoms with Gasteiger partial charge in [-0.15, -0.1) is 4.58 Å². The second-order valence-corrected chi connectivity index (χ2v) is 5.05. The van der Waals surface area contributed by atoms with Gasteiger partial charge in [0.1, 0.15) is 0 Å². The van der Waals surface area contributed by atoms with Crippen molar-refractivity contribution in [3.63, 3.8) is 0 Å². The summed E-state index contributed by atoms with van der Waals surface area (Å²) < 4.78 is 26.1. The van der Waals surface area contributed by atoms with Crippen LogP contribution < -0.4 is 4.90 Å². The topological polar surface area (TPSA) is 65.2 Å². The van der Waals surface area contributed by atoms with E-state index in [1.54, 1.807) is 12.1 Å². The summed E-state index contributed by atoms with van der Waals surface area (Å²) >= 11 is 0. The molecule has 1 saturated heterocycles. The number of anilines is 1. The highest BCUT2D eigenvalue weighted by molar-refractivity contribution is 5.63. The van der Waals surface area contributed by atoms with Crippen LogP contribution in [0.3, 0.4) is 0 Å². The van der Waals surface area contributed by atoms with E-state index < -0.39 is 6.10 Å². The van der Waals surface area contributed by atoms with Crippen molar-refractivity contribution in [3.8, 4) is 0 Å². The fraction of sp³-hybridized carbons (Fsp3) is 0.500. The Hall–Kier alpha value is -1.86. The number of aliphatic hydroxyl groups excluding tert-OH is 2. The minimum Gasteiger partial charge on any atom is -0.430 e. The molecule has 2 aliphatic rings. The van der Waals surface area contributed by atoms with Crippen molar-refractivity contribution in [3.05, 3.63) is 24.0 Å². The third kappa shape index (κ3) is 2.79. The van der Waals surface area contributed by atoms with Gasteiger partial charge in [-0.05, 0) is 6.07 Å². The molecule has 0 aliphatic carbocycles. The molecule has 0 aromatic heterocycles. The van der Waals surface area contributed by atoms with Crippen molar-refractivity contribution >= 4 is 17.5 Å². The Bertz CT molecular complexity index is 558. The maximum Gasteiger partial charge on any atom is 0.553 e. The molecule has 1 fully saturated rings. The summed E-state index contributed by atoms with van der Waals surface area (Å²) in [6.07, 6.45) is -0.806. The number of rotatable bonds is 3. The Morgan fingerprint density at radius 3 is 2.71 bits per heavy atom. The summed E-state index contributed by atoms with van der Waals surface area (Å²) in [5.41, 5.74) is 1.03. The molecule has 114 valence electrons. The monoisotopic (exact) mass is 297 g/mol. The van der Waals surface area contributed by atoms with Gasteiger partial charge >= 0.3 is 6.08 Å². The molecule has 6 nitrogen and oxygen atoms in total. The number of hydrogen-bond donors (Lipinski definition) is 2. The predicted molar refractivity (Wildman–Crippen MR) is 73.8 cm³/mol. The summed E-state index contributed by atoms with van der Waals surface area (Å²) in [5.74, 6) is -0.352. The largest absolute Gasteiger partial charge is 0.553 e. The molecular weight excluding hydrogens is 279 g/mol. The number of nitrogens with zero attached hydrogens (tertiary/aromatic N) is 2. The number of halogens is 1. The molecule has 0 bridgehead atoms. The lowest BCUT2D eigenvalue weighted by atomic mass is 10.2. The van der Waals surface area contributed by atoms with Crippen molar-refractivity contribution in [2.75, 3.05) is 44.4 Å². The molecule has 0 spiro atoms. The molecule has 21 heavy (non-hydrogen) atoms. The van der Waals surface area contributed by atoms with E-state index in [2.05, 4.69) is 0 Å². The van der Waals surface area contributed by atoms with E-state index in [1.165, 1.54) is 10.6 Å². The van der Waals surface area contributed by atoms with Gasteiger partial charge in [-0.3, -0.25) is 0 Å². The van der Waals surface area contributed by atoms with E-state index in [-0.39, 0.29) is 18.5 Å². The first-order chi connectivity index (χ1) is 10.2. The minimum absolute atomic E-state index is 0.200. The zero-order valence-electron chi connectivity index (χ0n) is 11.5. The number of hydrogen-bond acceptors (Lipinski definition) is 4. The normalized spacial score (nSPS) is 22.6. The lowest BCUT2D eigenvalue weighted by Gasteiger charge is -2.29. The fourth-order valence-corrected chi connectivity index (χ4v) is 2.57. The Morgan fingerprint density at radius 2 is 2.10 bits per heavy atom. The molecule has 0 unspecified atom stereocenters. The molecule has 7 heteroatoms. The van der Waals surface area contributed by atoms with Crippen LogP contribution in [0, 0.1) is 5.82 Å². The van der Waals surface area contributed by atoms with Crippen LogP contribution >= 0.6 is 0 Å². The summed E-state index contributed by atoms with van der Waals surface area (Å²) in [6, 6.07) is 4.78. The lowest BCUT2D eigenvalue weighted by molar-refractivity contribution is -0.442. The van der Waals surface area contributed by atoms with Crippen molar-refractivity contribution in [2.24, 2.45) is 0 Å². The second-order valence-electron chi connectivity index (χ2n) is 5.05. The van der Waals surface area contributed by atoms with Gasteiger partial charge in [-0.1, -0.05) is 0 Å². The van der Waals surface area contributed by atoms with Gasteiger partial charge < -0.3 is 24.6 Å². The SMILES string of the molecule is OC[C@H]1C[N+](c2ccc(N3CCOCC3)c(F)c2)=C(O)O1. The lowest BCUT2D eigenvalue weighted by Crippen LogP contribution is -2.36. The fourth-order valence-electron chi connectivity index (χ4n) is 2.57. The smallest absolute Gasteiger partial charge is 0.430 e. The van der Waals surface area contributed by atoms with Gasteiger partial charge in [0.05, 0.1) is 25.5 Å². The third-order valence-electron chi connectivity index (χ3n) is 3.69. The minimum atomic E-state index is -0.494. The van der Waals surface area contributed by atoms with Crippen LogP contribution in [0.5, 0.6) is 0 Å². The van der Waals surface area contributed by atoms with Gasteiger partial charge in [0.2, 0.25) is 5.69 Å². The van der Waals surface area contributed by atoms with Crippen LogP contribution in [0.2, 0.25) is 0 Å².